The van der Waals surface area contributed by atoms with Crippen LogP contribution in [0.1, 0.15) is 23.0 Å². The summed E-state index contributed by atoms with van der Waals surface area (Å²) in [6.45, 7) is 1.95. The maximum atomic E-state index is 12.5. The van der Waals surface area contributed by atoms with Crippen LogP contribution in [0.4, 0.5) is 5.69 Å². The summed E-state index contributed by atoms with van der Waals surface area (Å²) in [5.41, 5.74) is 1.70. The maximum absolute atomic E-state index is 12.5. The lowest BCUT2D eigenvalue weighted by molar-refractivity contribution is 0.102. The van der Waals surface area contributed by atoms with E-state index in [0.29, 0.717) is 38.5 Å². The van der Waals surface area contributed by atoms with Crippen LogP contribution in [0.25, 0.3) is 5.13 Å². The van der Waals surface area contributed by atoms with Crippen molar-refractivity contribution in [2.45, 2.75) is 13.3 Å². The molecule has 1 N–H and O–H groups in total. The van der Waals surface area contributed by atoms with Gasteiger partial charge >= 0.3 is 0 Å². The van der Waals surface area contributed by atoms with Crippen molar-refractivity contribution < 1.29 is 4.79 Å². The fraction of sp³-hybridized carbons (Fsp3) is 0.133. The largest absolute Gasteiger partial charge is 0.321 e. The van der Waals surface area contributed by atoms with Gasteiger partial charge in [-0.05, 0) is 24.6 Å². The highest BCUT2D eigenvalue weighted by molar-refractivity contribution is 7.12. The van der Waals surface area contributed by atoms with Crippen LogP contribution in [-0.2, 0) is 6.42 Å². The summed E-state index contributed by atoms with van der Waals surface area (Å²) in [6, 6.07) is 4.92. The molecule has 2 heterocycles. The number of hydrogen-bond acceptors (Lipinski definition) is 4. The molecule has 0 spiro atoms. The quantitative estimate of drug-likeness (QED) is 0.741. The summed E-state index contributed by atoms with van der Waals surface area (Å²) < 4.78 is 1.61. The van der Waals surface area contributed by atoms with E-state index in [0.717, 1.165) is 0 Å². The molecule has 0 aliphatic heterocycles. The number of halogens is 2. The van der Waals surface area contributed by atoms with E-state index in [9.17, 15) is 4.79 Å². The van der Waals surface area contributed by atoms with Gasteiger partial charge in [-0.25, -0.2) is 9.67 Å². The average Bonchev–Trinajstić information content (AvgIpc) is 3.18. The Labute approximate surface area is 146 Å². The smallest absolute Gasteiger partial charge is 0.259 e. The molecule has 118 valence electrons. The minimum absolute atomic E-state index is 0.270. The Morgan fingerprint density at radius 2 is 2.22 bits per heavy atom. The zero-order valence-corrected chi connectivity index (χ0v) is 14.4. The molecule has 0 saturated heterocycles. The van der Waals surface area contributed by atoms with Gasteiger partial charge in [0.25, 0.3) is 5.91 Å². The molecule has 8 heteroatoms. The zero-order valence-electron chi connectivity index (χ0n) is 12.1. The Morgan fingerprint density at radius 1 is 1.39 bits per heavy atom. The second-order valence-corrected chi connectivity index (χ2v) is 6.40. The average molecular weight is 367 g/mol. The highest BCUT2D eigenvalue weighted by atomic mass is 35.5. The van der Waals surface area contributed by atoms with E-state index >= 15 is 0 Å². The summed E-state index contributed by atoms with van der Waals surface area (Å²) in [4.78, 5) is 16.7. The second kappa shape index (κ2) is 6.70. The van der Waals surface area contributed by atoms with Crippen LogP contribution in [0.3, 0.4) is 0 Å². The van der Waals surface area contributed by atoms with Crippen molar-refractivity contribution in [3.63, 3.8) is 0 Å². The fourth-order valence-corrected chi connectivity index (χ4v) is 3.09. The van der Waals surface area contributed by atoms with Crippen LogP contribution in [0, 0.1) is 0 Å². The van der Waals surface area contributed by atoms with Gasteiger partial charge in [-0.3, -0.25) is 4.79 Å². The third-order valence-electron chi connectivity index (χ3n) is 3.16. The summed E-state index contributed by atoms with van der Waals surface area (Å²) >= 11 is 13.4. The predicted molar refractivity (Wildman–Crippen MR) is 93.0 cm³/mol. The lowest BCUT2D eigenvalue weighted by Gasteiger charge is -2.07. The lowest BCUT2D eigenvalue weighted by Crippen LogP contribution is -2.13. The SMILES string of the molecule is CCc1nn(-c2nccs2)cc1C(=O)Nc1ccc(Cl)cc1Cl. The molecular weight excluding hydrogens is 355 g/mol. The summed E-state index contributed by atoms with van der Waals surface area (Å²) in [5.74, 6) is -0.270. The van der Waals surface area contributed by atoms with Crippen LogP contribution in [0.15, 0.2) is 36.0 Å². The summed E-state index contributed by atoms with van der Waals surface area (Å²) in [7, 11) is 0. The first kappa shape index (κ1) is 16.0. The first-order chi connectivity index (χ1) is 11.1. The van der Waals surface area contributed by atoms with E-state index in [4.69, 9.17) is 23.2 Å². The molecule has 0 atom stereocenters. The third-order valence-corrected chi connectivity index (χ3v) is 4.47. The minimum Gasteiger partial charge on any atom is -0.321 e. The molecule has 3 aromatic rings. The molecular formula is C15H12Cl2N4OS. The van der Waals surface area contributed by atoms with E-state index < -0.39 is 0 Å². The molecule has 0 unspecified atom stereocenters. The monoisotopic (exact) mass is 366 g/mol. The van der Waals surface area contributed by atoms with Gasteiger partial charge in [-0.15, -0.1) is 11.3 Å². The predicted octanol–water partition coefficient (Wildman–Crippen LogP) is 4.45. The van der Waals surface area contributed by atoms with Crippen molar-refractivity contribution in [2.75, 3.05) is 5.32 Å². The fourth-order valence-electron chi connectivity index (χ4n) is 2.07. The molecule has 0 bridgehead atoms. The van der Waals surface area contributed by atoms with Crippen molar-refractivity contribution in [3.05, 3.63) is 57.3 Å². The number of benzene rings is 1. The number of amides is 1. The van der Waals surface area contributed by atoms with Crippen molar-refractivity contribution in [2.24, 2.45) is 0 Å². The van der Waals surface area contributed by atoms with Crippen LogP contribution < -0.4 is 5.32 Å². The van der Waals surface area contributed by atoms with E-state index in [1.54, 1.807) is 35.3 Å². The summed E-state index contributed by atoms with van der Waals surface area (Å²) in [6.07, 6.45) is 4.01. The highest BCUT2D eigenvalue weighted by Gasteiger charge is 2.17. The number of carbonyl (C=O) groups is 1. The van der Waals surface area contributed by atoms with Gasteiger partial charge in [-0.2, -0.15) is 5.10 Å². The van der Waals surface area contributed by atoms with Crippen LogP contribution in [-0.4, -0.2) is 20.7 Å². The van der Waals surface area contributed by atoms with Crippen molar-refractivity contribution in [3.8, 4) is 5.13 Å². The molecule has 1 aromatic carbocycles. The van der Waals surface area contributed by atoms with E-state index in [1.165, 1.54) is 11.3 Å². The molecule has 0 saturated carbocycles. The number of nitrogens with zero attached hydrogens (tertiary/aromatic N) is 3. The molecule has 5 nitrogen and oxygen atoms in total. The Bertz CT molecular complexity index is 845. The van der Waals surface area contributed by atoms with Gasteiger partial charge in [0, 0.05) is 22.8 Å². The van der Waals surface area contributed by atoms with Crippen molar-refractivity contribution in [1.29, 1.82) is 0 Å². The highest BCUT2D eigenvalue weighted by Crippen LogP contribution is 2.26. The lowest BCUT2D eigenvalue weighted by atomic mass is 10.2. The van der Waals surface area contributed by atoms with Crippen LogP contribution in [0.5, 0.6) is 0 Å². The van der Waals surface area contributed by atoms with E-state index in [-0.39, 0.29) is 5.91 Å². The first-order valence-corrected chi connectivity index (χ1v) is 8.47. The molecule has 23 heavy (non-hydrogen) atoms. The first-order valence-electron chi connectivity index (χ1n) is 6.83. The standard InChI is InChI=1S/C15H12Cl2N4OS/c1-2-12-10(8-21(20-12)15-18-5-6-23-15)14(22)19-13-4-3-9(16)7-11(13)17/h3-8H,2H2,1H3,(H,19,22). The van der Waals surface area contributed by atoms with E-state index in [2.05, 4.69) is 15.4 Å². The number of aromatic nitrogens is 3. The van der Waals surface area contributed by atoms with Gasteiger partial charge in [0.15, 0.2) is 0 Å². The Hall–Kier alpha value is -1.89. The molecule has 1 amide bonds. The maximum Gasteiger partial charge on any atom is 0.259 e. The molecule has 0 aliphatic carbocycles. The number of aryl methyl sites for hydroxylation is 1. The molecule has 0 aliphatic rings. The molecule has 3 rings (SSSR count). The summed E-state index contributed by atoms with van der Waals surface area (Å²) in [5, 5.41) is 10.7. The number of rotatable bonds is 4. The number of thiazole rings is 1. The van der Waals surface area contributed by atoms with Crippen LogP contribution in [0.2, 0.25) is 10.0 Å². The second-order valence-electron chi connectivity index (χ2n) is 4.68. The minimum atomic E-state index is -0.270. The van der Waals surface area contributed by atoms with Crippen molar-refractivity contribution in [1.82, 2.24) is 14.8 Å². The normalized spacial score (nSPS) is 10.7. The number of carbonyl (C=O) groups excluding carboxylic acids is 1. The third kappa shape index (κ3) is 3.39. The zero-order chi connectivity index (χ0) is 16.4. The van der Waals surface area contributed by atoms with Gasteiger partial charge in [0.2, 0.25) is 5.13 Å². The Morgan fingerprint density at radius 3 is 2.87 bits per heavy atom. The Kier molecular flexibility index (Phi) is 4.66. The van der Waals surface area contributed by atoms with Crippen LogP contribution >= 0.6 is 34.5 Å². The van der Waals surface area contributed by atoms with Gasteiger partial charge in [0.1, 0.15) is 0 Å². The molecule has 0 radical (unpaired) electrons. The number of anilines is 1. The van der Waals surface area contributed by atoms with Crippen molar-refractivity contribution >= 4 is 46.1 Å². The van der Waals surface area contributed by atoms with Gasteiger partial charge in [-0.1, -0.05) is 30.1 Å². The molecule has 2 aromatic heterocycles. The van der Waals surface area contributed by atoms with Gasteiger partial charge < -0.3 is 5.32 Å². The van der Waals surface area contributed by atoms with Gasteiger partial charge in [0.05, 0.1) is 22.0 Å². The Balaban J connectivity index is 1.90. The number of nitrogens with one attached hydrogen (secondary N) is 1. The van der Waals surface area contributed by atoms with E-state index in [1.807, 2.05) is 12.3 Å². The molecule has 0 fully saturated rings. The number of hydrogen-bond donors (Lipinski definition) is 1. The topological polar surface area (TPSA) is 59.8 Å².